The van der Waals surface area contributed by atoms with E-state index in [2.05, 4.69) is 15.6 Å². The zero-order chi connectivity index (χ0) is 21.3. The number of likely N-dealkylation sites (N-methyl/N-ethyl adjacent to an activating group) is 1. The van der Waals surface area contributed by atoms with Crippen molar-refractivity contribution in [2.75, 3.05) is 20.7 Å². The smallest absolute Gasteiger partial charge is 0.322 e. The van der Waals surface area contributed by atoms with Gasteiger partial charge in [-0.05, 0) is 30.8 Å². The zero-order valence-corrected chi connectivity index (χ0v) is 16.6. The number of nitrogens with one attached hydrogen (secondary N) is 2. The third kappa shape index (κ3) is 3.48. The van der Waals surface area contributed by atoms with Gasteiger partial charge in [-0.15, -0.1) is 0 Å². The molecule has 3 aliphatic heterocycles. The molecule has 3 aliphatic rings. The van der Waals surface area contributed by atoms with Crippen molar-refractivity contribution in [3.05, 3.63) is 53.4 Å². The van der Waals surface area contributed by atoms with Crippen molar-refractivity contribution in [3.8, 4) is 5.75 Å². The van der Waals surface area contributed by atoms with Crippen molar-refractivity contribution < 1.29 is 23.9 Å². The van der Waals surface area contributed by atoms with Crippen molar-refractivity contribution in [2.24, 2.45) is 10.9 Å². The molecular formula is C21H22N4O5. The van der Waals surface area contributed by atoms with Gasteiger partial charge >= 0.3 is 6.03 Å². The molecule has 1 aromatic rings. The van der Waals surface area contributed by atoms with Gasteiger partial charge in [0.1, 0.15) is 17.6 Å². The quantitative estimate of drug-likeness (QED) is 0.513. The summed E-state index contributed by atoms with van der Waals surface area (Å²) in [6.45, 7) is 0.533. The maximum absolute atomic E-state index is 12.8. The number of benzene rings is 1. The minimum Gasteiger partial charge on any atom is -0.497 e. The minimum atomic E-state index is -1.36. The third-order valence-electron chi connectivity index (χ3n) is 5.40. The Labute approximate surface area is 173 Å². The number of nitrogens with zero attached hydrogens (tertiary/aromatic N) is 2. The number of carbonyl (C=O) groups is 3. The van der Waals surface area contributed by atoms with Crippen LogP contribution in [0.4, 0.5) is 4.79 Å². The average Bonchev–Trinajstić information content (AvgIpc) is 3.29. The first-order valence-electron chi connectivity index (χ1n) is 9.48. The van der Waals surface area contributed by atoms with Gasteiger partial charge in [-0.2, -0.15) is 0 Å². The predicted octanol–water partition coefficient (Wildman–Crippen LogP) is 1.01. The SMILES string of the molecule is COc1ccc(CN(C)C[C@@]2(C3=CC4C=CN=CC4O3)NC(=O)NC2=O)c(C=O)c1. The molecule has 0 saturated carbocycles. The number of hydrogen-bond donors (Lipinski definition) is 2. The molecule has 156 valence electrons. The summed E-state index contributed by atoms with van der Waals surface area (Å²) < 4.78 is 11.2. The second-order valence-corrected chi connectivity index (χ2v) is 7.50. The number of fused-ring (bicyclic) bond motifs is 1. The van der Waals surface area contributed by atoms with Gasteiger partial charge in [-0.1, -0.05) is 12.1 Å². The highest BCUT2D eigenvalue weighted by molar-refractivity contribution is 6.09. The van der Waals surface area contributed by atoms with Crippen LogP contribution in [0.25, 0.3) is 0 Å². The second-order valence-electron chi connectivity index (χ2n) is 7.50. The number of methoxy groups -OCH3 is 1. The van der Waals surface area contributed by atoms with E-state index in [9.17, 15) is 14.4 Å². The summed E-state index contributed by atoms with van der Waals surface area (Å²) in [6, 6.07) is 4.67. The van der Waals surface area contributed by atoms with Crippen molar-refractivity contribution in [3.63, 3.8) is 0 Å². The number of ether oxygens (including phenoxy) is 2. The molecule has 9 heteroatoms. The topological polar surface area (TPSA) is 109 Å². The Morgan fingerprint density at radius 2 is 2.20 bits per heavy atom. The minimum absolute atomic E-state index is 0.0479. The number of aliphatic imine (C=N–C) groups is 1. The van der Waals surface area contributed by atoms with Crippen LogP contribution in [0, 0.1) is 5.92 Å². The summed E-state index contributed by atoms with van der Waals surface area (Å²) in [6.07, 6.45) is 7.55. The fraction of sp³-hybridized carbons (Fsp3) is 0.333. The maximum Gasteiger partial charge on any atom is 0.322 e. The highest BCUT2D eigenvalue weighted by atomic mass is 16.5. The molecule has 0 radical (unpaired) electrons. The monoisotopic (exact) mass is 410 g/mol. The lowest BCUT2D eigenvalue weighted by molar-refractivity contribution is -0.124. The Morgan fingerprint density at radius 1 is 1.37 bits per heavy atom. The van der Waals surface area contributed by atoms with Crippen LogP contribution in [-0.4, -0.2) is 61.7 Å². The van der Waals surface area contributed by atoms with Crippen LogP contribution in [0.5, 0.6) is 5.75 Å². The Morgan fingerprint density at radius 3 is 2.87 bits per heavy atom. The largest absolute Gasteiger partial charge is 0.497 e. The number of aldehydes is 1. The fourth-order valence-corrected chi connectivity index (χ4v) is 3.92. The number of imide groups is 1. The summed E-state index contributed by atoms with van der Waals surface area (Å²) >= 11 is 0. The highest BCUT2D eigenvalue weighted by Crippen LogP contribution is 2.34. The van der Waals surface area contributed by atoms with E-state index in [1.165, 1.54) is 7.11 Å². The molecule has 4 rings (SSSR count). The molecule has 0 aliphatic carbocycles. The summed E-state index contributed by atoms with van der Waals surface area (Å²) in [5.41, 5.74) is -0.0873. The molecule has 1 aromatic carbocycles. The van der Waals surface area contributed by atoms with E-state index in [4.69, 9.17) is 9.47 Å². The fourth-order valence-electron chi connectivity index (χ4n) is 3.92. The Bertz CT molecular complexity index is 986. The molecular weight excluding hydrogens is 388 g/mol. The normalized spacial score (nSPS) is 26.7. The second kappa shape index (κ2) is 7.75. The van der Waals surface area contributed by atoms with E-state index in [-0.39, 0.29) is 18.6 Å². The van der Waals surface area contributed by atoms with Gasteiger partial charge in [0.05, 0.1) is 7.11 Å². The number of carbonyl (C=O) groups excluding carboxylic acids is 3. The van der Waals surface area contributed by atoms with Gasteiger partial charge in [-0.3, -0.25) is 24.8 Å². The zero-order valence-electron chi connectivity index (χ0n) is 16.6. The Kier molecular flexibility index (Phi) is 5.13. The molecule has 0 spiro atoms. The van der Waals surface area contributed by atoms with E-state index in [0.717, 1.165) is 11.8 Å². The van der Waals surface area contributed by atoms with E-state index in [1.807, 2.05) is 24.1 Å². The molecule has 3 atom stereocenters. The lowest BCUT2D eigenvalue weighted by Crippen LogP contribution is -2.56. The summed E-state index contributed by atoms with van der Waals surface area (Å²) in [4.78, 5) is 42.3. The highest BCUT2D eigenvalue weighted by Gasteiger charge is 2.53. The predicted molar refractivity (Wildman–Crippen MR) is 108 cm³/mol. The van der Waals surface area contributed by atoms with Crippen LogP contribution in [-0.2, 0) is 16.1 Å². The lowest BCUT2D eigenvalue weighted by Gasteiger charge is -2.32. The molecule has 1 fully saturated rings. The number of urea groups is 1. The van der Waals surface area contributed by atoms with Gasteiger partial charge < -0.3 is 14.8 Å². The molecule has 30 heavy (non-hydrogen) atoms. The van der Waals surface area contributed by atoms with Crippen molar-refractivity contribution >= 4 is 24.4 Å². The van der Waals surface area contributed by atoms with Gasteiger partial charge in [0.25, 0.3) is 5.91 Å². The van der Waals surface area contributed by atoms with E-state index >= 15 is 0 Å². The van der Waals surface area contributed by atoms with E-state index in [1.54, 1.807) is 30.6 Å². The molecule has 3 heterocycles. The van der Waals surface area contributed by atoms with Crippen molar-refractivity contribution in [2.45, 2.75) is 18.2 Å². The van der Waals surface area contributed by atoms with Gasteiger partial charge in [-0.25, -0.2) is 4.79 Å². The van der Waals surface area contributed by atoms with Gasteiger partial charge in [0.15, 0.2) is 11.8 Å². The summed E-state index contributed by atoms with van der Waals surface area (Å²) in [7, 11) is 3.34. The van der Waals surface area contributed by atoms with Crippen LogP contribution in [0.2, 0.25) is 0 Å². The van der Waals surface area contributed by atoms with Crippen molar-refractivity contribution in [1.82, 2.24) is 15.5 Å². The average molecular weight is 410 g/mol. The summed E-state index contributed by atoms with van der Waals surface area (Å²) in [5, 5.41) is 5.05. The molecule has 1 saturated heterocycles. The molecule has 0 bridgehead atoms. The van der Waals surface area contributed by atoms with Crippen LogP contribution in [0.15, 0.2) is 47.3 Å². The molecule has 3 amide bonds. The summed E-state index contributed by atoms with van der Waals surface area (Å²) in [5.74, 6) is 0.448. The van der Waals surface area contributed by atoms with Gasteiger partial charge in [0, 0.05) is 37.0 Å². The lowest BCUT2D eigenvalue weighted by atomic mass is 9.93. The molecule has 2 N–H and O–H groups in total. The van der Waals surface area contributed by atoms with E-state index < -0.39 is 17.5 Å². The van der Waals surface area contributed by atoms with E-state index in [0.29, 0.717) is 23.6 Å². The Hall–Kier alpha value is -3.46. The van der Waals surface area contributed by atoms with Crippen LogP contribution >= 0.6 is 0 Å². The van der Waals surface area contributed by atoms with Crippen LogP contribution in [0.3, 0.4) is 0 Å². The van der Waals surface area contributed by atoms with Crippen LogP contribution in [0.1, 0.15) is 15.9 Å². The first-order chi connectivity index (χ1) is 14.4. The molecule has 2 unspecified atom stereocenters. The van der Waals surface area contributed by atoms with Gasteiger partial charge in [0.2, 0.25) is 0 Å². The number of hydrogen-bond acceptors (Lipinski definition) is 7. The molecule has 0 aromatic heterocycles. The number of rotatable bonds is 7. The maximum atomic E-state index is 12.8. The Balaban J connectivity index is 1.58. The number of amides is 3. The molecule has 9 nitrogen and oxygen atoms in total. The van der Waals surface area contributed by atoms with Crippen molar-refractivity contribution in [1.29, 1.82) is 0 Å². The van der Waals surface area contributed by atoms with Crippen LogP contribution < -0.4 is 15.4 Å². The standard InChI is InChI=1S/C21H22N4O5/c1-25(10-14-3-4-16(29-2)7-15(14)11-26)12-21(19(27)23-20(28)24-21)18-8-13-5-6-22-9-17(13)30-18/h3-9,11,13,17H,10,12H2,1-2H3,(H2,23,24,27,28)/t13?,17?,21-/m0/s1. The third-order valence-corrected chi connectivity index (χ3v) is 5.40. The first-order valence-corrected chi connectivity index (χ1v) is 9.48. The first kappa shape index (κ1) is 19.8.